The van der Waals surface area contributed by atoms with E-state index in [0.29, 0.717) is 12.8 Å². The lowest BCUT2D eigenvalue weighted by atomic mass is 10.1. The maximum Gasteiger partial charge on any atom is 0.433 e. The van der Waals surface area contributed by atoms with Crippen LogP contribution in [0.5, 0.6) is 0 Å². The molecule has 140 valence electrons. The fraction of sp³-hybridized carbons (Fsp3) is 0.438. The van der Waals surface area contributed by atoms with E-state index in [2.05, 4.69) is 20.3 Å². The van der Waals surface area contributed by atoms with Crippen molar-refractivity contribution in [2.24, 2.45) is 5.41 Å². The molecular weight excluding hydrogens is 369 g/mol. The van der Waals surface area contributed by atoms with E-state index in [-0.39, 0.29) is 29.6 Å². The van der Waals surface area contributed by atoms with Crippen LogP contribution in [0.4, 0.5) is 19.0 Å². The molecule has 1 saturated carbocycles. The largest absolute Gasteiger partial charge is 0.433 e. The quantitative estimate of drug-likeness (QED) is 0.822. The number of aromatic nitrogens is 3. The van der Waals surface area contributed by atoms with Crippen LogP contribution in [0.15, 0.2) is 30.5 Å². The van der Waals surface area contributed by atoms with Crippen LogP contribution in [0.1, 0.15) is 18.5 Å². The first-order valence-corrected chi connectivity index (χ1v) is 9.92. The minimum atomic E-state index is -4.63. The summed E-state index contributed by atoms with van der Waals surface area (Å²) < 4.78 is 62.5. The van der Waals surface area contributed by atoms with Crippen LogP contribution >= 0.6 is 0 Å². The summed E-state index contributed by atoms with van der Waals surface area (Å²) in [5, 5.41) is 2.85. The number of pyridine rings is 1. The summed E-state index contributed by atoms with van der Waals surface area (Å²) >= 11 is 0. The molecule has 10 heteroatoms. The fourth-order valence-electron chi connectivity index (χ4n) is 2.68. The zero-order valence-electron chi connectivity index (χ0n) is 13.9. The maximum atomic E-state index is 13.2. The van der Waals surface area contributed by atoms with E-state index < -0.39 is 27.1 Å². The molecule has 1 N–H and O–H groups in total. The van der Waals surface area contributed by atoms with E-state index >= 15 is 0 Å². The number of sulfone groups is 1. The molecule has 2 aromatic rings. The highest BCUT2D eigenvalue weighted by molar-refractivity contribution is 7.90. The Morgan fingerprint density at radius 3 is 2.50 bits per heavy atom. The molecule has 3 rings (SSSR count). The van der Waals surface area contributed by atoms with Gasteiger partial charge in [-0.25, -0.2) is 18.4 Å². The minimum absolute atomic E-state index is 0.00267. The molecule has 1 aliphatic carbocycles. The first-order chi connectivity index (χ1) is 12.1. The van der Waals surface area contributed by atoms with Gasteiger partial charge < -0.3 is 5.32 Å². The van der Waals surface area contributed by atoms with Gasteiger partial charge in [-0.3, -0.25) is 4.98 Å². The van der Waals surface area contributed by atoms with Gasteiger partial charge in [-0.2, -0.15) is 13.2 Å². The Kier molecular flexibility index (Phi) is 4.63. The lowest BCUT2D eigenvalue weighted by molar-refractivity contribution is -0.141. The van der Waals surface area contributed by atoms with Crippen LogP contribution in [0, 0.1) is 5.41 Å². The van der Waals surface area contributed by atoms with Crippen LogP contribution in [0.2, 0.25) is 0 Å². The highest BCUT2D eigenvalue weighted by atomic mass is 32.2. The van der Waals surface area contributed by atoms with Crippen LogP contribution in [-0.4, -0.2) is 41.9 Å². The summed E-state index contributed by atoms with van der Waals surface area (Å²) in [7, 11) is -3.17. The third-order valence-corrected chi connectivity index (χ3v) is 5.22. The number of alkyl halides is 3. The molecule has 2 aromatic heterocycles. The summed E-state index contributed by atoms with van der Waals surface area (Å²) in [6, 6.07) is 5.61. The van der Waals surface area contributed by atoms with Crippen molar-refractivity contribution in [3.05, 3.63) is 36.2 Å². The molecule has 0 atom stereocenters. The second-order valence-corrected chi connectivity index (χ2v) is 8.74. The van der Waals surface area contributed by atoms with Crippen molar-refractivity contribution in [1.82, 2.24) is 15.0 Å². The molecule has 0 spiro atoms. The number of nitrogens with zero attached hydrogens (tertiary/aromatic N) is 3. The van der Waals surface area contributed by atoms with Crippen LogP contribution in [0.3, 0.4) is 0 Å². The van der Waals surface area contributed by atoms with Crippen molar-refractivity contribution in [2.45, 2.75) is 19.0 Å². The number of rotatable bonds is 6. The zero-order valence-corrected chi connectivity index (χ0v) is 14.7. The Morgan fingerprint density at radius 2 is 1.96 bits per heavy atom. The van der Waals surface area contributed by atoms with Crippen molar-refractivity contribution in [1.29, 1.82) is 0 Å². The standard InChI is InChI=1S/C16H17F3N4O2S/c1-26(24,25)10-15(5-6-15)9-21-13-8-12(16(17,18)19)22-14(23-13)11-4-2-3-7-20-11/h2-4,7-8H,5-6,9-10H2,1H3,(H,21,22,23). The second-order valence-electron chi connectivity index (χ2n) is 6.60. The molecule has 0 unspecified atom stereocenters. The maximum absolute atomic E-state index is 13.2. The molecule has 0 radical (unpaired) electrons. The van der Waals surface area contributed by atoms with Gasteiger partial charge in [0.25, 0.3) is 0 Å². The van der Waals surface area contributed by atoms with Gasteiger partial charge in [-0.05, 0) is 25.0 Å². The fourth-order valence-corrected chi connectivity index (χ4v) is 4.18. The SMILES string of the molecule is CS(=O)(=O)CC1(CNc2cc(C(F)(F)F)nc(-c3ccccn3)n2)CC1. The van der Waals surface area contributed by atoms with Crippen LogP contribution < -0.4 is 5.32 Å². The first-order valence-electron chi connectivity index (χ1n) is 7.86. The highest BCUT2D eigenvalue weighted by Gasteiger charge is 2.45. The topological polar surface area (TPSA) is 84.8 Å². The summed E-state index contributed by atoms with van der Waals surface area (Å²) in [4.78, 5) is 11.7. The number of halogens is 3. The van der Waals surface area contributed by atoms with Crippen molar-refractivity contribution in [3.63, 3.8) is 0 Å². The third-order valence-electron chi connectivity index (χ3n) is 4.08. The third kappa shape index (κ3) is 4.69. The Balaban J connectivity index is 1.87. The van der Waals surface area contributed by atoms with Gasteiger partial charge in [0.05, 0.1) is 5.75 Å². The van der Waals surface area contributed by atoms with Crippen LogP contribution in [0.25, 0.3) is 11.5 Å². The summed E-state index contributed by atoms with van der Waals surface area (Å²) in [5.74, 6) is -0.152. The Hall–Kier alpha value is -2.23. The molecule has 0 saturated heterocycles. The minimum Gasteiger partial charge on any atom is -0.369 e. The number of hydrogen-bond donors (Lipinski definition) is 1. The lowest BCUT2D eigenvalue weighted by Gasteiger charge is -2.16. The summed E-state index contributed by atoms with van der Waals surface area (Å²) in [6.45, 7) is 0.232. The average molecular weight is 386 g/mol. The van der Waals surface area contributed by atoms with E-state index in [1.807, 2.05) is 0 Å². The summed E-state index contributed by atoms with van der Waals surface area (Å²) in [6.07, 6.45) is -0.627. The van der Waals surface area contributed by atoms with Crippen molar-refractivity contribution < 1.29 is 21.6 Å². The molecule has 0 amide bonds. The summed E-state index contributed by atoms with van der Waals surface area (Å²) in [5.41, 5.74) is -1.30. The van der Waals surface area contributed by atoms with E-state index in [1.165, 1.54) is 12.3 Å². The van der Waals surface area contributed by atoms with Gasteiger partial charge >= 0.3 is 6.18 Å². The van der Waals surface area contributed by atoms with Gasteiger partial charge in [0, 0.05) is 30.5 Å². The van der Waals surface area contributed by atoms with Gasteiger partial charge in [-0.1, -0.05) is 6.07 Å². The predicted octanol–water partition coefficient (Wildman–Crippen LogP) is 2.79. The number of nitrogens with one attached hydrogen (secondary N) is 1. The van der Waals surface area contributed by atoms with Gasteiger partial charge in [0.2, 0.25) is 0 Å². The van der Waals surface area contributed by atoms with Crippen molar-refractivity contribution >= 4 is 15.7 Å². The number of anilines is 1. The number of hydrogen-bond acceptors (Lipinski definition) is 6. The van der Waals surface area contributed by atoms with E-state index in [9.17, 15) is 21.6 Å². The smallest absolute Gasteiger partial charge is 0.369 e. The van der Waals surface area contributed by atoms with Gasteiger partial charge in [0.1, 0.15) is 21.3 Å². The van der Waals surface area contributed by atoms with Gasteiger partial charge in [0.15, 0.2) is 11.5 Å². The Bertz CT molecular complexity index is 897. The highest BCUT2D eigenvalue weighted by Crippen LogP contribution is 2.46. The lowest BCUT2D eigenvalue weighted by Crippen LogP contribution is -2.24. The molecular formula is C16H17F3N4O2S. The average Bonchev–Trinajstić information content (AvgIpc) is 3.30. The van der Waals surface area contributed by atoms with Crippen molar-refractivity contribution in [2.75, 3.05) is 23.9 Å². The van der Waals surface area contributed by atoms with Crippen LogP contribution in [-0.2, 0) is 16.0 Å². The predicted molar refractivity (Wildman–Crippen MR) is 90.1 cm³/mol. The van der Waals surface area contributed by atoms with Crippen molar-refractivity contribution in [3.8, 4) is 11.5 Å². The molecule has 26 heavy (non-hydrogen) atoms. The molecule has 6 nitrogen and oxygen atoms in total. The molecule has 1 fully saturated rings. The van der Waals surface area contributed by atoms with E-state index in [1.54, 1.807) is 12.1 Å². The zero-order chi connectivity index (χ0) is 19.0. The molecule has 0 bridgehead atoms. The normalized spacial score (nSPS) is 16.3. The Morgan fingerprint density at radius 1 is 1.23 bits per heavy atom. The van der Waals surface area contributed by atoms with Gasteiger partial charge in [-0.15, -0.1) is 0 Å². The Labute approximate surface area is 148 Å². The molecule has 0 aromatic carbocycles. The molecule has 0 aliphatic heterocycles. The molecule has 1 aliphatic rings. The first kappa shape index (κ1) is 18.6. The van der Waals surface area contributed by atoms with E-state index in [4.69, 9.17) is 0 Å². The second kappa shape index (κ2) is 6.49. The monoisotopic (exact) mass is 386 g/mol. The molecule has 2 heterocycles. The van der Waals surface area contributed by atoms with E-state index in [0.717, 1.165) is 12.3 Å².